The highest BCUT2D eigenvalue weighted by Crippen LogP contribution is 2.35. The zero-order chi connectivity index (χ0) is 9.83. The van der Waals surface area contributed by atoms with Gasteiger partial charge in [-0.05, 0) is 34.9 Å². The van der Waals surface area contributed by atoms with E-state index >= 15 is 0 Å². The Hall–Kier alpha value is -1.70. The van der Waals surface area contributed by atoms with Crippen molar-refractivity contribution in [2.45, 2.75) is 12.8 Å². The van der Waals surface area contributed by atoms with Crippen LogP contribution in [0.2, 0.25) is 0 Å². The van der Waals surface area contributed by atoms with Gasteiger partial charge in [-0.1, -0.05) is 18.2 Å². The van der Waals surface area contributed by atoms with Gasteiger partial charge in [0.25, 0.3) is 0 Å². The molecular weight excluding hydrogens is 184 g/mol. The van der Waals surface area contributed by atoms with Crippen molar-refractivity contribution in [2.75, 3.05) is 16.9 Å². The van der Waals surface area contributed by atoms with Crippen molar-refractivity contribution in [2.24, 2.45) is 0 Å². The highest BCUT2D eigenvalue weighted by molar-refractivity contribution is 5.82. The molecule has 1 N–H and O–H groups in total. The molecule has 0 saturated carbocycles. The van der Waals surface area contributed by atoms with E-state index in [0.717, 1.165) is 19.5 Å². The van der Waals surface area contributed by atoms with Gasteiger partial charge in [-0.15, -0.1) is 0 Å². The van der Waals surface area contributed by atoms with E-state index in [1.54, 1.807) is 0 Å². The average molecular weight is 196 g/mol. The number of nitrogens with zero attached hydrogens (tertiary/aromatic N) is 1. The van der Waals surface area contributed by atoms with E-state index < -0.39 is 0 Å². The van der Waals surface area contributed by atoms with E-state index in [2.05, 4.69) is 40.7 Å². The summed E-state index contributed by atoms with van der Waals surface area (Å²) in [6.07, 6.45) is 11.3. The number of hydrogen-bond donors (Lipinski definition) is 1. The summed E-state index contributed by atoms with van der Waals surface area (Å²) in [5.41, 5.74) is 4.21. The SMILES string of the molecule is C1=CN2CNc3cc4c(c(c32)C1)=CCC=4. The lowest BCUT2D eigenvalue weighted by atomic mass is 10.0. The fraction of sp³-hybridized carbons (Fsp3) is 0.231. The van der Waals surface area contributed by atoms with Gasteiger partial charge < -0.3 is 10.2 Å². The van der Waals surface area contributed by atoms with E-state index in [4.69, 9.17) is 0 Å². The van der Waals surface area contributed by atoms with Gasteiger partial charge in [0, 0.05) is 6.20 Å². The standard InChI is InChI=1S/C13H12N2/c1-3-9-7-12-13-11(10(9)4-1)5-2-6-15(13)8-14-12/h2-4,6-7,14H,1,5,8H2. The van der Waals surface area contributed by atoms with Crippen molar-refractivity contribution in [3.8, 4) is 0 Å². The Labute approximate surface area is 88.2 Å². The number of anilines is 2. The third-order valence-electron chi connectivity index (χ3n) is 3.47. The second kappa shape index (κ2) is 2.45. The highest BCUT2D eigenvalue weighted by atomic mass is 15.3. The van der Waals surface area contributed by atoms with Crippen LogP contribution in [-0.4, -0.2) is 6.67 Å². The van der Waals surface area contributed by atoms with E-state index in [1.165, 1.54) is 27.4 Å². The lowest BCUT2D eigenvalue weighted by molar-refractivity contribution is 1.03. The van der Waals surface area contributed by atoms with Crippen molar-refractivity contribution >= 4 is 23.5 Å². The Balaban J connectivity index is 2.19. The Bertz CT molecular complexity index is 596. The normalized spacial score (nSPS) is 19.1. The summed E-state index contributed by atoms with van der Waals surface area (Å²) in [5.74, 6) is 0. The predicted molar refractivity (Wildman–Crippen MR) is 63.1 cm³/mol. The molecule has 4 rings (SSSR count). The molecule has 2 heteroatoms. The summed E-state index contributed by atoms with van der Waals surface area (Å²) < 4.78 is 0. The van der Waals surface area contributed by atoms with Crippen LogP contribution in [-0.2, 0) is 6.42 Å². The summed E-state index contributed by atoms with van der Waals surface area (Å²) in [7, 11) is 0. The Morgan fingerprint density at radius 2 is 2.27 bits per heavy atom. The second-order valence-electron chi connectivity index (χ2n) is 4.29. The first-order valence-corrected chi connectivity index (χ1v) is 5.47. The zero-order valence-electron chi connectivity index (χ0n) is 8.46. The Morgan fingerprint density at radius 3 is 3.27 bits per heavy atom. The summed E-state index contributed by atoms with van der Waals surface area (Å²) in [6, 6.07) is 2.29. The van der Waals surface area contributed by atoms with Gasteiger partial charge in [-0.25, -0.2) is 0 Å². The van der Waals surface area contributed by atoms with Gasteiger partial charge in [-0.3, -0.25) is 0 Å². The van der Waals surface area contributed by atoms with Gasteiger partial charge in [0.05, 0.1) is 18.0 Å². The summed E-state index contributed by atoms with van der Waals surface area (Å²) in [6.45, 7) is 0.918. The molecule has 3 aliphatic rings. The van der Waals surface area contributed by atoms with Crippen LogP contribution in [0.5, 0.6) is 0 Å². The van der Waals surface area contributed by atoms with Crippen LogP contribution in [0.15, 0.2) is 18.3 Å². The summed E-state index contributed by atoms with van der Waals surface area (Å²) in [5, 5.41) is 6.33. The topological polar surface area (TPSA) is 15.3 Å². The molecule has 74 valence electrons. The first-order valence-electron chi connectivity index (χ1n) is 5.47. The highest BCUT2D eigenvalue weighted by Gasteiger charge is 2.23. The van der Waals surface area contributed by atoms with Crippen LogP contribution in [0.25, 0.3) is 12.2 Å². The van der Waals surface area contributed by atoms with Gasteiger partial charge in [0.1, 0.15) is 0 Å². The zero-order valence-corrected chi connectivity index (χ0v) is 8.46. The summed E-state index contributed by atoms with van der Waals surface area (Å²) in [4.78, 5) is 2.31. The molecule has 2 aliphatic heterocycles. The molecule has 0 unspecified atom stereocenters. The number of fused-ring (bicyclic) bond motifs is 2. The van der Waals surface area contributed by atoms with Crippen molar-refractivity contribution in [3.63, 3.8) is 0 Å². The number of rotatable bonds is 0. The average Bonchev–Trinajstić information content (AvgIpc) is 2.87. The first-order chi connectivity index (χ1) is 7.43. The van der Waals surface area contributed by atoms with Crippen LogP contribution in [0.4, 0.5) is 11.4 Å². The lowest BCUT2D eigenvalue weighted by Crippen LogP contribution is -2.29. The molecule has 0 atom stereocenters. The van der Waals surface area contributed by atoms with Gasteiger partial charge in [0.2, 0.25) is 0 Å². The molecular formula is C13H12N2. The molecule has 0 saturated heterocycles. The molecule has 0 amide bonds. The maximum absolute atomic E-state index is 3.45. The maximum atomic E-state index is 3.45. The smallest absolute Gasteiger partial charge is 0.0921 e. The van der Waals surface area contributed by atoms with Crippen LogP contribution in [0.3, 0.4) is 0 Å². The fourth-order valence-electron chi connectivity index (χ4n) is 2.82. The monoisotopic (exact) mass is 196 g/mol. The number of allylic oxidation sites excluding steroid dienone is 1. The molecule has 1 aromatic carbocycles. The Morgan fingerprint density at radius 1 is 1.27 bits per heavy atom. The molecule has 2 heterocycles. The Kier molecular flexibility index (Phi) is 1.24. The molecule has 15 heavy (non-hydrogen) atoms. The third kappa shape index (κ3) is 0.845. The predicted octanol–water partition coefficient (Wildman–Crippen LogP) is 0.910. The number of benzene rings is 1. The van der Waals surface area contributed by atoms with Crippen molar-refractivity contribution in [1.29, 1.82) is 0 Å². The quantitative estimate of drug-likeness (QED) is 0.663. The van der Waals surface area contributed by atoms with Crippen molar-refractivity contribution < 1.29 is 0 Å². The maximum Gasteiger partial charge on any atom is 0.0921 e. The molecule has 0 spiro atoms. The molecule has 1 aliphatic carbocycles. The second-order valence-corrected chi connectivity index (χ2v) is 4.29. The van der Waals surface area contributed by atoms with E-state index in [0.29, 0.717) is 0 Å². The largest absolute Gasteiger partial charge is 0.366 e. The van der Waals surface area contributed by atoms with Gasteiger partial charge >= 0.3 is 0 Å². The van der Waals surface area contributed by atoms with E-state index in [-0.39, 0.29) is 0 Å². The minimum atomic E-state index is 0.918. The van der Waals surface area contributed by atoms with Crippen LogP contribution in [0, 0.1) is 0 Å². The minimum Gasteiger partial charge on any atom is -0.366 e. The van der Waals surface area contributed by atoms with Gasteiger partial charge in [-0.2, -0.15) is 0 Å². The molecule has 1 aromatic rings. The van der Waals surface area contributed by atoms with Crippen molar-refractivity contribution in [1.82, 2.24) is 0 Å². The van der Waals surface area contributed by atoms with E-state index in [1.807, 2.05) is 0 Å². The molecule has 0 fully saturated rings. The lowest BCUT2D eigenvalue weighted by Gasteiger charge is -2.20. The van der Waals surface area contributed by atoms with Crippen LogP contribution >= 0.6 is 0 Å². The van der Waals surface area contributed by atoms with Crippen LogP contribution in [0.1, 0.15) is 12.0 Å². The van der Waals surface area contributed by atoms with E-state index in [9.17, 15) is 0 Å². The molecule has 0 bridgehead atoms. The molecule has 0 aromatic heterocycles. The van der Waals surface area contributed by atoms with Crippen molar-refractivity contribution in [3.05, 3.63) is 34.3 Å². The van der Waals surface area contributed by atoms with Crippen LogP contribution < -0.4 is 20.7 Å². The van der Waals surface area contributed by atoms with Gasteiger partial charge in [0.15, 0.2) is 0 Å². The summed E-state index contributed by atoms with van der Waals surface area (Å²) >= 11 is 0. The molecule has 2 nitrogen and oxygen atoms in total. The fourth-order valence-corrected chi connectivity index (χ4v) is 2.82. The number of nitrogens with one attached hydrogen (secondary N) is 1. The third-order valence-corrected chi connectivity index (χ3v) is 3.47. The first kappa shape index (κ1) is 7.57. The molecule has 0 radical (unpaired) electrons. The number of hydrogen-bond acceptors (Lipinski definition) is 2. The minimum absolute atomic E-state index is 0.918.